The van der Waals surface area contributed by atoms with Crippen LogP contribution >= 0.6 is 11.6 Å². The first-order chi connectivity index (χ1) is 11.9. The minimum absolute atomic E-state index is 0.241. The van der Waals surface area contributed by atoms with Gasteiger partial charge in [0.15, 0.2) is 0 Å². The third kappa shape index (κ3) is 5.32. The molecule has 0 radical (unpaired) electrons. The highest BCUT2D eigenvalue weighted by Crippen LogP contribution is 2.35. The Bertz CT molecular complexity index is 563. The van der Waals surface area contributed by atoms with Gasteiger partial charge in [-0.2, -0.15) is 0 Å². The fourth-order valence-electron chi connectivity index (χ4n) is 3.71. The molecule has 0 aromatic heterocycles. The summed E-state index contributed by atoms with van der Waals surface area (Å²) in [6.45, 7) is 5.27. The zero-order valence-electron chi connectivity index (χ0n) is 15.0. The van der Waals surface area contributed by atoms with E-state index >= 15 is 0 Å². The van der Waals surface area contributed by atoms with E-state index in [1.165, 1.54) is 18.2 Å². The molecule has 0 unspecified atom stereocenters. The minimum atomic E-state index is -0.690. The highest BCUT2D eigenvalue weighted by molar-refractivity contribution is 6.30. The van der Waals surface area contributed by atoms with E-state index in [2.05, 4.69) is 19.2 Å². The molecule has 0 aliphatic carbocycles. The quantitative estimate of drug-likeness (QED) is 0.735. The van der Waals surface area contributed by atoms with Gasteiger partial charge in [-0.05, 0) is 49.8 Å². The molecule has 1 heterocycles. The fraction of sp³-hybridized carbons (Fsp3) is 0.632. The second-order valence-corrected chi connectivity index (χ2v) is 7.39. The number of likely N-dealkylation sites (tertiary alicyclic amines) is 1. The lowest BCUT2D eigenvalue weighted by Gasteiger charge is -2.43. The van der Waals surface area contributed by atoms with E-state index in [1.54, 1.807) is 4.90 Å². The number of benzene rings is 1. The Morgan fingerprint density at radius 3 is 2.40 bits per heavy atom. The second-order valence-electron chi connectivity index (χ2n) is 6.95. The van der Waals surface area contributed by atoms with Crippen LogP contribution in [0.25, 0.3) is 0 Å². The van der Waals surface area contributed by atoms with Crippen molar-refractivity contribution in [1.82, 2.24) is 4.90 Å². The molecule has 0 atom stereocenters. The van der Waals surface area contributed by atoms with E-state index in [9.17, 15) is 14.3 Å². The van der Waals surface area contributed by atoms with Gasteiger partial charge in [0.1, 0.15) is 5.82 Å². The number of aliphatic hydroxyl groups is 1. The molecule has 1 fully saturated rings. The molecule has 1 aliphatic heterocycles. The van der Waals surface area contributed by atoms with Crippen LogP contribution in [0.1, 0.15) is 52.4 Å². The van der Waals surface area contributed by atoms with E-state index in [1.807, 2.05) is 0 Å². The summed E-state index contributed by atoms with van der Waals surface area (Å²) in [6, 6.07) is 3.66. The van der Waals surface area contributed by atoms with Gasteiger partial charge in [0.25, 0.3) is 0 Å². The number of hydrogen-bond donors (Lipinski definition) is 2. The number of carbonyl (C=O) groups excluding carboxylic acids is 1. The monoisotopic (exact) mass is 370 g/mol. The van der Waals surface area contributed by atoms with Gasteiger partial charge in [-0.25, -0.2) is 9.18 Å². The van der Waals surface area contributed by atoms with Gasteiger partial charge in [0.05, 0.1) is 5.60 Å². The normalized spacial score (nSPS) is 17.0. The number of anilines is 1. The van der Waals surface area contributed by atoms with E-state index in [0.29, 0.717) is 31.6 Å². The van der Waals surface area contributed by atoms with Crippen LogP contribution in [-0.4, -0.2) is 34.7 Å². The van der Waals surface area contributed by atoms with Crippen LogP contribution in [0, 0.1) is 11.7 Å². The Kier molecular flexibility index (Phi) is 7.08. The molecule has 6 heteroatoms. The van der Waals surface area contributed by atoms with E-state index in [4.69, 9.17) is 11.6 Å². The highest BCUT2D eigenvalue weighted by atomic mass is 35.5. The van der Waals surface area contributed by atoms with Gasteiger partial charge in [-0.3, -0.25) is 0 Å². The standard InChI is InChI=1S/C19H28ClFN2O2/c1-3-5-14(6-4-2)19(25)7-9-23(10-8-19)18(24)22-17-12-15(20)11-16(21)13-17/h11-14,25H,3-10H2,1-2H3,(H,22,24). The van der Waals surface area contributed by atoms with Crippen molar-refractivity contribution in [3.05, 3.63) is 29.0 Å². The average molecular weight is 371 g/mol. The average Bonchev–Trinajstić information content (AvgIpc) is 2.54. The van der Waals surface area contributed by atoms with Crippen molar-refractivity contribution >= 4 is 23.3 Å². The van der Waals surface area contributed by atoms with Crippen molar-refractivity contribution in [2.45, 2.75) is 58.0 Å². The molecule has 0 spiro atoms. The maximum absolute atomic E-state index is 13.4. The molecule has 2 rings (SSSR count). The molecule has 1 aliphatic rings. The Balaban J connectivity index is 1.95. The highest BCUT2D eigenvalue weighted by Gasteiger charge is 2.39. The van der Waals surface area contributed by atoms with E-state index < -0.39 is 11.4 Å². The van der Waals surface area contributed by atoms with Gasteiger partial charge < -0.3 is 15.3 Å². The molecule has 25 heavy (non-hydrogen) atoms. The predicted octanol–water partition coefficient (Wildman–Crippen LogP) is 5.05. The maximum Gasteiger partial charge on any atom is 0.321 e. The second kappa shape index (κ2) is 8.86. The lowest BCUT2D eigenvalue weighted by Crippen LogP contribution is -2.51. The Morgan fingerprint density at radius 2 is 1.88 bits per heavy atom. The maximum atomic E-state index is 13.4. The number of amides is 2. The summed E-state index contributed by atoms with van der Waals surface area (Å²) in [4.78, 5) is 14.1. The summed E-state index contributed by atoms with van der Waals surface area (Å²) in [5.74, 6) is -0.201. The summed E-state index contributed by atoms with van der Waals surface area (Å²) in [5.41, 5.74) is -0.351. The first-order valence-corrected chi connectivity index (χ1v) is 9.50. The van der Waals surface area contributed by atoms with Gasteiger partial charge in [-0.15, -0.1) is 0 Å². The summed E-state index contributed by atoms with van der Waals surface area (Å²) in [7, 11) is 0. The van der Waals surface area contributed by atoms with Crippen molar-refractivity contribution < 1.29 is 14.3 Å². The number of carbonyl (C=O) groups is 1. The van der Waals surface area contributed by atoms with Crippen LogP contribution in [0.4, 0.5) is 14.9 Å². The molecule has 0 bridgehead atoms. The zero-order valence-corrected chi connectivity index (χ0v) is 15.8. The fourth-order valence-corrected chi connectivity index (χ4v) is 3.93. The first-order valence-electron chi connectivity index (χ1n) is 9.12. The summed E-state index contributed by atoms with van der Waals surface area (Å²) >= 11 is 5.81. The number of halogens is 2. The van der Waals surface area contributed by atoms with Crippen molar-refractivity contribution in [2.24, 2.45) is 5.92 Å². The molecule has 0 saturated carbocycles. The van der Waals surface area contributed by atoms with Gasteiger partial charge in [0.2, 0.25) is 0 Å². The number of rotatable bonds is 6. The van der Waals surface area contributed by atoms with Crippen LogP contribution in [-0.2, 0) is 0 Å². The van der Waals surface area contributed by atoms with Crippen molar-refractivity contribution in [3.63, 3.8) is 0 Å². The van der Waals surface area contributed by atoms with Crippen molar-refractivity contribution in [2.75, 3.05) is 18.4 Å². The molecule has 4 nitrogen and oxygen atoms in total. The Morgan fingerprint density at radius 1 is 1.28 bits per heavy atom. The number of nitrogens with one attached hydrogen (secondary N) is 1. The van der Waals surface area contributed by atoms with Crippen LogP contribution in [0.15, 0.2) is 18.2 Å². The van der Waals surface area contributed by atoms with Crippen molar-refractivity contribution in [3.8, 4) is 0 Å². The lowest BCUT2D eigenvalue weighted by atomic mass is 9.75. The lowest BCUT2D eigenvalue weighted by molar-refractivity contribution is -0.0651. The van der Waals surface area contributed by atoms with Crippen molar-refractivity contribution in [1.29, 1.82) is 0 Å². The molecule has 2 amide bonds. The topological polar surface area (TPSA) is 52.6 Å². The van der Waals surface area contributed by atoms with E-state index in [0.717, 1.165) is 25.7 Å². The largest absolute Gasteiger partial charge is 0.389 e. The zero-order chi connectivity index (χ0) is 18.4. The van der Waals surface area contributed by atoms with Crippen LogP contribution < -0.4 is 5.32 Å². The summed E-state index contributed by atoms with van der Waals surface area (Å²) in [5, 5.41) is 14.0. The molecular formula is C19H28ClFN2O2. The Labute approximate surface area is 154 Å². The predicted molar refractivity (Wildman–Crippen MR) is 99.5 cm³/mol. The van der Waals surface area contributed by atoms with Gasteiger partial charge in [-0.1, -0.05) is 38.3 Å². The molecule has 1 aromatic rings. The summed E-state index contributed by atoms with van der Waals surface area (Å²) < 4.78 is 13.4. The molecule has 1 saturated heterocycles. The number of nitrogens with zero attached hydrogens (tertiary/aromatic N) is 1. The third-order valence-electron chi connectivity index (χ3n) is 5.06. The molecule has 1 aromatic carbocycles. The minimum Gasteiger partial charge on any atom is -0.389 e. The SMILES string of the molecule is CCCC(CCC)C1(O)CCN(C(=O)Nc2cc(F)cc(Cl)c2)CC1. The van der Waals surface area contributed by atoms with Crippen LogP contribution in [0.3, 0.4) is 0 Å². The Hall–Kier alpha value is -1.33. The first kappa shape index (κ1) is 20.0. The molecular weight excluding hydrogens is 343 g/mol. The van der Waals surface area contributed by atoms with Gasteiger partial charge >= 0.3 is 6.03 Å². The number of piperidine rings is 1. The smallest absolute Gasteiger partial charge is 0.321 e. The van der Waals surface area contributed by atoms with E-state index in [-0.39, 0.29) is 17.0 Å². The number of urea groups is 1. The molecule has 2 N–H and O–H groups in total. The third-order valence-corrected chi connectivity index (χ3v) is 5.28. The van der Waals surface area contributed by atoms with Crippen LogP contribution in [0.5, 0.6) is 0 Å². The molecule has 140 valence electrons. The van der Waals surface area contributed by atoms with Crippen LogP contribution in [0.2, 0.25) is 5.02 Å². The summed E-state index contributed by atoms with van der Waals surface area (Å²) in [6.07, 6.45) is 5.29. The van der Waals surface area contributed by atoms with Gasteiger partial charge in [0, 0.05) is 23.8 Å². The number of hydrogen-bond acceptors (Lipinski definition) is 2.